The molecular weight excluding hydrogens is 306 g/mol. The highest BCUT2D eigenvalue weighted by molar-refractivity contribution is 5.87. The maximum Gasteiger partial charge on any atom is 0.326 e. The lowest BCUT2D eigenvalue weighted by atomic mass is 10.0. The molecular formula is C19H21NO4. The Morgan fingerprint density at radius 2 is 1.62 bits per heavy atom. The van der Waals surface area contributed by atoms with Crippen LogP contribution in [-0.4, -0.2) is 30.1 Å². The molecule has 24 heavy (non-hydrogen) atoms. The summed E-state index contributed by atoms with van der Waals surface area (Å²) in [6.45, 7) is 0. The van der Waals surface area contributed by atoms with Gasteiger partial charge in [0.1, 0.15) is 6.04 Å². The average Bonchev–Trinajstić information content (AvgIpc) is 2.61. The van der Waals surface area contributed by atoms with E-state index >= 15 is 0 Å². The summed E-state index contributed by atoms with van der Waals surface area (Å²) in [5, 5.41) is 11.9. The number of carboxylic acid groups (broad SMARTS) is 1. The molecule has 2 rings (SSSR count). The normalized spacial score (nSPS) is 13.0. The number of methoxy groups -OCH3 is 1. The van der Waals surface area contributed by atoms with Gasteiger partial charge < -0.3 is 15.2 Å². The average molecular weight is 327 g/mol. The predicted molar refractivity (Wildman–Crippen MR) is 90.5 cm³/mol. The SMILES string of the molecule is CO[C@H](C(=O)N[C@H](CCc1ccccc1)C(=O)O)c1ccccc1. The van der Waals surface area contributed by atoms with Gasteiger partial charge in [-0.15, -0.1) is 0 Å². The lowest BCUT2D eigenvalue weighted by Gasteiger charge is -2.19. The largest absolute Gasteiger partial charge is 0.480 e. The monoisotopic (exact) mass is 327 g/mol. The van der Waals surface area contributed by atoms with E-state index in [1.807, 2.05) is 36.4 Å². The maximum absolute atomic E-state index is 12.4. The van der Waals surface area contributed by atoms with Crippen molar-refractivity contribution in [2.45, 2.75) is 25.0 Å². The minimum atomic E-state index is -1.05. The van der Waals surface area contributed by atoms with E-state index in [2.05, 4.69) is 5.32 Å². The molecule has 0 saturated carbocycles. The Morgan fingerprint density at radius 1 is 1.04 bits per heavy atom. The molecule has 0 radical (unpaired) electrons. The van der Waals surface area contributed by atoms with Crippen LogP contribution in [-0.2, 0) is 20.7 Å². The molecule has 0 spiro atoms. The highest BCUT2D eigenvalue weighted by atomic mass is 16.5. The number of aliphatic carboxylic acids is 1. The van der Waals surface area contributed by atoms with Crippen molar-refractivity contribution in [1.29, 1.82) is 0 Å². The smallest absolute Gasteiger partial charge is 0.326 e. The number of rotatable bonds is 8. The first kappa shape index (κ1) is 17.7. The zero-order chi connectivity index (χ0) is 17.4. The molecule has 0 aromatic heterocycles. The van der Waals surface area contributed by atoms with Crippen LogP contribution >= 0.6 is 0 Å². The molecule has 2 aromatic carbocycles. The second-order valence-electron chi connectivity index (χ2n) is 5.45. The summed E-state index contributed by atoms with van der Waals surface area (Å²) in [5.74, 6) is -1.51. The molecule has 0 aliphatic carbocycles. The molecule has 1 amide bonds. The topological polar surface area (TPSA) is 75.6 Å². The Labute approximate surface area is 141 Å². The van der Waals surface area contributed by atoms with Crippen molar-refractivity contribution in [3.8, 4) is 0 Å². The fourth-order valence-electron chi connectivity index (χ4n) is 2.48. The lowest BCUT2D eigenvalue weighted by Crippen LogP contribution is -2.43. The quantitative estimate of drug-likeness (QED) is 0.781. The number of carbonyl (C=O) groups is 2. The molecule has 5 heteroatoms. The van der Waals surface area contributed by atoms with Gasteiger partial charge in [-0.2, -0.15) is 0 Å². The first-order valence-corrected chi connectivity index (χ1v) is 7.76. The number of aryl methyl sites for hydroxylation is 1. The van der Waals surface area contributed by atoms with E-state index in [4.69, 9.17) is 4.74 Å². The van der Waals surface area contributed by atoms with Gasteiger partial charge in [-0.1, -0.05) is 60.7 Å². The highest BCUT2D eigenvalue weighted by Gasteiger charge is 2.26. The zero-order valence-electron chi connectivity index (χ0n) is 13.5. The second kappa shape index (κ2) is 8.84. The number of hydrogen-bond donors (Lipinski definition) is 2. The summed E-state index contributed by atoms with van der Waals surface area (Å²) < 4.78 is 5.24. The van der Waals surface area contributed by atoms with E-state index in [1.165, 1.54) is 7.11 Å². The number of hydrogen-bond acceptors (Lipinski definition) is 3. The van der Waals surface area contributed by atoms with E-state index in [9.17, 15) is 14.7 Å². The third-order valence-electron chi connectivity index (χ3n) is 3.76. The first-order chi connectivity index (χ1) is 11.6. The van der Waals surface area contributed by atoms with Crippen molar-refractivity contribution in [2.24, 2.45) is 0 Å². The van der Waals surface area contributed by atoms with Gasteiger partial charge in [0.15, 0.2) is 6.10 Å². The van der Waals surface area contributed by atoms with Gasteiger partial charge in [0.25, 0.3) is 5.91 Å². The summed E-state index contributed by atoms with van der Waals surface area (Å²) in [6, 6.07) is 17.6. The van der Waals surface area contributed by atoms with Crippen LogP contribution in [0.3, 0.4) is 0 Å². The fraction of sp³-hybridized carbons (Fsp3) is 0.263. The Morgan fingerprint density at radius 3 is 2.17 bits per heavy atom. The van der Waals surface area contributed by atoms with Crippen LogP contribution in [0.2, 0.25) is 0 Å². The van der Waals surface area contributed by atoms with Crippen LogP contribution in [0.5, 0.6) is 0 Å². The second-order valence-corrected chi connectivity index (χ2v) is 5.45. The lowest BCUT2D eigenvalue weighted by molar-refractivity contribution is -0.144. The van der Waals surface area contributed by atoms with Gasteiger partial charge in [0.2, 0.25) is 0 Å². The number of nitrogens with one attached hydrogen (secondary N) is 1. The minimum absolute atomic E-state index is 0.316. The van der Waals surface area contributed by atoms with Gasteiger partial charge in [-0.05, 0) is 24.0 Å². The summed E-state index contributed by atoms with van der Waals surface area (Å²) in [4.78, 5) is 23.8. The van der Waals surface area contributed by atoms with Gasteiger partial charge in [-0.25, -0.2) is 4.79 Å². The number of benzene rings is 2. The number of ether oxygens (including phenoxy) is 1. The van der Waals surface area contributed by atoms with Crippen LogP contribution in [0, 0.1) is 0 Å². The summed E-state index contributed by atoms with van der Waals surface area (Å²) >= 11 is 0. The first-order valence-electron chi connectivity index (χ1n) is 7.76. The van der Waals surface area contributed by atoms with Crippen molar-refractivity contribution in [2.75, 3.05) is 7.11 Å². The Hall–Kier alpha value is -2.66. The fourth-order valence-corrected chi connectivity index (χ4v) is 2.48. The highest BCUT2D eigenvalue weighted by Crippen LogP contribution is 2.17. The van der Waals surface area contributed by atoms with E-state index in [0.29, 0.717) is 18.4 Å². The van der Waals surface area contributed by atoms with Crippen LogP contribution in [0.1, 0.15) is 23.7 Å². The summed E-state index contributed by atoms with van der Waals surface area (Å²) in [6.07, 6.45) is 0.0574. The van der Waals surface area contributed by atoms with Gasteiger partial charge in [0, 0.05) is 7.11 Å². The van der Waals surface area contributed by atoms with Gasteiger partial charge >= 0.3 is 5.97 Å². The van der Waals surface area contributed by atoms with Crippen LogP contribution in [0.25, 0.3) is 0 Å². The molecule has 0 fully saturated rings. The molecule has 0 aliphatic rings. The van der Waals surface area contributed by atoms with E-state index in [0.717, 1.165) is 5.56 Å². The summed E-state index contributed by atoms with van der Waals surface area (Å²) in [5.41, 5.74) is 1.72. The van der Waals surface area contributed by atoms with Crippen molar-refractivity contribution in [3.05, 3.63) is 71.8 Å². The van der Waals surface area contributed by atoms with Crippen LogP contribution < -0.4 is 5.32 Å². The third kappa shape index (κ3) is 4.93. The maximum atomic E-state index is 12.4. The Kier molecular flexibility index (Phi) is 6.51. The van der Waals surface area contributed by atoms with Crippen LogP contribution in [0.15, 0.2) is 60.7 Å². The molecule has 0 aliphatic heterocycles. The number of amides is 1. The molecule has 2 aromatic rings. The van der Waals surface area contributed by atoms with E-state index in [1.54, 1.807) is 24.3 Å². The Bertz CT molecular complexity index is 658. The van der Waals surface area contributed by atoms with Crippen molar-refractivity contribution >= 4 is 11.9 Å². The predicted octanol–water partition coefficient (Wildman–Crippen LogP) is 2.58. The molecule has 2 N–H and O–H groups in total. The van der Waals surface area contributed by atoms with E-state index in [-0.39, 0.29) is 0 Å². The van der Waals surface area contributed by atoms with Gasteiger partial charge in [0.05, 0.1) is 0 Å². The minimum Gasteiger partial charge on any atom is -0.480 e. The number of carboxylic acids is 1. The third-order valence-corrected chi connectivity index (χ3v) is 3.76. The molecule has 2 atom stereocenters. The van der Waals surface area contributed by atoms with Crippen molar-refractivity contribution in [1.82, 2.24) is 5.32 Å². The molecule has 0 saturated heterocycles. The van der Waals surface area contributed by atoms with Gasteiger partial charge in [-0.3, -0.25) is 4.79 Å². The van der Waals surface area contributed by atoms with Crippen molar-refractivity contribution < 1.29 is 19.4 Å². The van der Waals surface area contributed by atoms with Crippen molar-refractivity contribution in [3.63, 3.8) is 0 Å². The number of carbonyl (C=O) groups excluding carboxylic acids is 1. The van der Waals surface area contributed by atoms with Crippen LogP contribution in [0.4, 0.5) is 0 Å². The molecule has 5 nitrogen and oxygen atoms in total. The standard InChI is InChI=1S/C19H21NO4/c1-24-17(15-10-6-3-7-11-15)18(21)20-16(19(22)23)13-12-14-8-4-2-5-9-14/h2-11,16-17H,12-13H2,1H3,(H,20,21)(H,22,23)/t16-,17+/m1/s1. The van der Waals surface area contributed by atoms with E-state index < -0.39 is 24.0 Å². The molecule has 0 heterocycles. The molecule has 0 bridgehead atoms. The Balaban J connectivity index is 2.01. The zero-order valence-corrected chi connectivity index (χ0v) is 13.5. The molecule has 0 unspecified atom stereocenters. The molecule has 126 valence electrons. The summed E-state index contributed by atoms with van der Waals surface area (Å²) in [7, 11) is 1.43.